The number of nitrogens with zero attached hydrogens (tertiary/aromatic N) is 4. The number of likely N-dealkylation sites (N-methyl/N-ethyl adjacent to an activating group) is 1. The van der Waals surface area contributed by atoms with Gasteiger partial charge in [-0.05, 0) is 24.8 Å². The van der Waals surface area contributed by atoms with Gasteiger partial charge in [0.1, 0.15) is 0 Å². The molecule has 0 aliphatic carbocycles. The van der Waals surface area contributed by atoms with Gasteiger partial charge in [0.25, 0.3) is 0 Å². The van der Waals surface area contributed by atoms with Crippen molar-refractivity contribution in [2.45, 2.75) is 26.1 Å². The number of guanidine groups is 1. The summed E-state index contributed by atoms with van der Waals surface area (Å²) in [4.78, 5) is 7.53. The van der Waals surface area contributed by atoms with Crippen LogP contribution in [0, 0.1) is 0 Å². The maximum Gasteiger partial charge on any atom is 0.435 e. The number of rotatable bonds is 6. The van der Waals surface area contributed by atoms with Crippen molar-refractivity contribution < 1.29 is 13.2 Å². The van der Waals surface area contributed by atoms with Gasteiger partial charge in [-0.15, -0.1) is 11.3 Å². The van der Waals surface area contributed by atoms with Gasteiger partial charge in [0.15, 0.2) is 11.7 Å². The molecule has 0 spiro atoms. The Balaban J connectivity index is 2.09. The minimum atomic E-state index is -4.48. The van der Waals surface area contributed by atoms with Crippen molar-refractivity contribution in [3.05, 3.63) is 39.8 Å². The summed E-state index contributed by atoms with van der Waals surface area (Å²) in [6, 6.07) is 4.06. The minimum Gasteiger partial charge on any atom is -0.357 e. The van der Waals surface area contributed by atoms with Gasteiger partial charge in [-0.1, -0.05) is 6.07 Å². The molecule has 2 rings (SSSR count). The van der Waals surface area contributed by atoms with Gasteiger partial charge in [-0.25, -0.2) is 4.99 Å². The fourth-order valence-electron chi connectivity index (χ4n) is 2.36. The summed E-state index contributed by atoms with van der Waals surface area (Å²) in [5.41, 5.74) is -0.812. The third-order valence-corrected chi connectivity index (χ3v) is 4.48. The summed E-state index contributed by atoms with van der Waals surface area (Å²) in [6.45, 7) is 3.22. The lowest BCUT2D eigenvalue weighted by Gasteiger charge is -2.21. The van der Waals surface area contributed by atoms with Crippen LogP contribution in [-0.2, 0) is 26.2 Å². The molecule has 0 aliphatic rings. The quantitative estimate of drug-likeness (QED) is 0.625. The Labute approximate surface area is 149 Å². The van der Waals surface area contributed by atoms with Crippen molar-refractivity contribution in [2.24, 2.45) is 12.0 Å². The lowest BCUT2D eigenvalue weighted by atomic mass is 10.2. The molecule has 1 N–H and O–H groups in total. The molecule has 5 nitrogen and oxygen atoms in total. The average molecular weight is 373 g/mol. The van der Waals surface area contributed by atoms with E-state index in [0.717, 1.165) is 13.0 Å². The van der Waals surface area contributed by atoms with Gasteiger partial charge in [0, 0.05) is 43.8 Å². The van der Waals surface area contributed by atoms with Crippen LogP contribution in [0.25, 0.3) is 0 Å². The van der Waals surface area contributed by atoms with E-state index in [1.807, 2.05) is 30.3 Å². The highest BCUT2D eigenvalue weighted by atomic mass is 32.1. The normalized spacial score (nSPS) is 12.5. The van der Waals surface area contributed by atoms with Gasteiger partial charge >= 0.3 is 6.18 Å². The van der Waals surface area contributed by atoms with E-state index in [0.29, 0.717) is 12.5 Å². The van der Waals surface area contributed by atoms with Crippen molar-refractivity contribution in [2.75, 3.05) is 20.1 Å². The highest BCUT2D eigenvalue weighted by Gasteiger charge is 2.36. The van der Waals surface area contributed by atoms with Crippen molar-refractivity contribution in [1.82, 2.24) is 20.0 Å². The second-order valence-electron chi connectivity index (χ2n) is 5.60. The van der Waals surface area contributed by atoms with Crippen LogP contribution in [0.3, 0.4) is 0 Å². The van der Waals surface area contributed by atoms with Crippen LogP contribution < -0.4 is 5.32 Å². The van der Waals surface area contributed by atoms with E-state index < -0.39 is 11.9 Å². The summed E-state index contributed by atoms with van der Waals surface area (Å²) < 4.78 is 40.2. The molecular formula is C16H22F3N5S. The molecule has 0 unspecified atom stereocenters. The van der Waals surface area contributed by atoms with Crippen molar-refractivity contribution in [3.8, 4) is 0 Å². The number of thiophene rings is 1. The van der Waals surface area contributed by atoms with Gasteiger partial charge in [0.2, 0.25) is 0 Å². The van der Waals surface area contributed by atoms with Crippen LogP contribution in [0.2, 0.25) is 0 Å². The third kappa shape index (κ3) is 5.48. The molecule has 0 radical (unpaired) electrons. The molecule has 0 fully saturated rings. The van der Waals surface area contributed by atoms with Gasteiger partial charge in [0.05, 0.1) is 6.54 Å². The number of hydrogen-bond acceptors (Lipinski definition) is 3. The number of nitrogens with one attached hydrogen (secondary N) is 1. The fourth-order valence-corrected chi connectivity index (χ4v) is 3.06. The zero-order chi connectivity index (χ0) is 18.4. The third-order valence-electron chi connectivity index (χ3n) is 3.54. The largest absolute Gasteiger partial charge is 0.435 e. The van der Waals surface area contributed by atoms with Gasteiger partial charge < -0.3 is 10.2 Å². The van der Waals surface area contributed by atoms with E-state index in [2.05, 4.69) is 21.5 Å². The molecule has 0 aliphatic heterocycles. The van der Waals surface area contributed by atoms with E-state index >= 15 is 0 Å². The average Bonchev–Trinajstić information content (AvgIpc) is 3.17. The second kappa shape index (κ2) is 8.37. The first-order chi connectivity index (χ1) is 11.8. The smallest absolute Gasteiger partial charge is 0.357 e. The molecule has 138 valence electrons. The first kappa shape index (κ1) is 19.3. The minimum absolute atomic E-state index is 0.0667. The Morgan fingerprint density at radius 2 is 2.20 bits per heavy atom. The molecular weight excluding hydrogens is 351 g/mol. The Morgan fingerprint density at radius 3 is 2.80 bits per heavy atom. The van der Waals surface area contributed by atoms with Crippen LogP contribution in [0.15, 0.2) is 28.7 Å². The lowest BCUT2D eigenvalue weighted by molar-refractivity contribution is -0.142. The molecule has 2 aromatic heterocycles. The molecule has 0 amide bonds. The topological polar surface area (TPSA) is 45.5 Å². The predicted molar refractivity (Wildman–Crippen MR) is 93.7 cm³/mol. The number of aliphatic imine (C=N–C) groups is 1. The number of hydrogen-bond donors (Lipinski definition) is 1. The van der Waals surface area contributed by atoms with Crippen LogP contribution in [0.1, 0.15) is 23.1 Å². The maximum absolute atomic E-state index is 13.0. The standard InChI is InChI=1S/C16H22F3N5S/c1-4-20-15(23(2)8-7-13-6-5-9-25-13)21-10-12-11-24(3)22-14(12)16(17,18)19/h5-6,9,11H,4,7-8,10H2,1-3H3,(H,20,21). The van der Waals surface area contributed by atoms with E-state index in [1.54, 1.807) is 11.3 Å². The fraction of sp³-hybridized carbons (Fsp3) is 0.500. The highest BCUT2D eigenvalue weighted by molar-refractivity contribution is 7.09. The van der Waals surface area contributed by atoms with Crippen LogP contribution >= 0.6 is 11.3 Å². The number of halogens is 3. The summed E-state index contributed by atoms with van der Waals surface area (Å²) in [5, 5.41) is 8.65. The molecule has 0 saturated heterocycles. The lowest BCUT2D eigenvalue weighted by Crippen LogP contribution is -2.39. The summed E-state index contributed by atoms with van der Waals surface area (Å²) >= 11 is 1.68. The Hall–Kier alpha value is -2.03. The van der Waals surface area contributed by atoms with E-state index in [9.17, 15) is 13.2 Å². The Morgan fingerprint density at radius 1 is 1.44 bits per heavy atom. The first-order valence-corrected chi connectivity index (χ1v) is 8.80. The highest BCUT2D eigenvalue weighted by Crippen LogP contribution is 2.30. The zero-order valence-electron chi connectivity index (χ0n) is 14.5. The van der Waals surface area contributed by atoms with E-state index in [-0.39, 0.29) is 12.1 Å². The van der Waals surface area contributed by atoms with E-state index in [4.69, 9.17) is 0 Å². The van der Waals surface area contributed by atoms with Crippen LogP contribution in [-0.4, -0.2) is 40.8 Å². The second-order valence-corrected chi connectivity index (χ2v) is 6.63. The van der Waals surface area contributed by atoms with Gasteiger partial charge in [-0.3, -0.25) is 4.68 Å². The molecule has 0 aromatic carbocycles. The first-order valence-electron chi connectivity index (χ1n) is 7.92. The van der Waals surface area contributed by atoms with E-state index in [1.165, 1.54) is 22.8 Å². The maximum atomic E-state index is 13.0. The predicted octanol–water partition coefficient (Wildman–Crippen LogP) is 3.14. The number of alkyl halides is 3. The van der Waals surface area contributed by atoms with Crippen molar-refractivity contribution in [1.29, 1.82) is 0 Å². The monoisotopic (exact) mass is 373 g/mol. The Bertz CT molecular complexity index is 691. The molecule has 0 bridgehead atoms. The SMILES string of the molecule is CCNC(=NCc1cn(C)nc1C(F)(F)F)N(C)CCc1cccs1. The zero-order valence-corrected chi connectivity index (χ0v) is 15.3. The Kier molecular flexibility index (Phi) is 6.46. The molecule has 2 heterocycles. The molecule has 9 heteroatoms. The van der Waals surface area contributed by atoms with Crippen LogP contribution in [0.4, 0.5) is 13.2 Å². The number of aryl methyl sites for hydroxylation is 1. The van der Waals surface area contributed by atoms with Crippen LogP contribution in [0.5, 0.6) is 0 Å². The molecule has 0 atom stereocenters. The molecule has 2 aromatic rings. The number of aromatic nitrogens is 2. The van der Waals surface area contributed by atoms with Crippen molar-refractivity contribution in [3.63, 3.8) is 0 Å². The van der Waals surface area contributed by atoms with Gasteiger partial charge in [-0.2, -0.15) is 18.3 Å². The van der Waals surface area contributed by atoms with Crippen molar-refractivity contribution >= 4 is 17.3 Å². The molecule has 25 heavy (non-hydrogen) atoms. The summed E-state index contributed by atoms with van der Waals surface area (Å²) in [6.07, 6.45) is -2.25. The summed E-state index contributed by atoms with van der Waals surface area (Å²) in [7, 11) is 3.35. The molecule has 0 saturated carbocycles. The summed E-state index contributed by atoms with van der Waals surface area (Å²) in [5.74, 6) is 0.580.